The number of nitrogens with zero attached hydrogens (tertiary/aromatic N) is 1. The van der Waals surface area contributed by atoms with Gasteiger partial charge in [-0.2, -0.15) is 0 Å². The predicted molar refractivity (Wildman–Crippen MR) is 106 cm³/mol. The number of methoxy groups -OCH3 is 2. The lowest BCUT2D eigenvalue weighted by Gasteiger charge is -2.45. The molecule has 1 N–H and O–H groups in total. The second-order valence-corrected chi connectivity index (χ2v) is 8.04. The summed E-state index contributed by atoms with van der Waals surface area (Å²) in [5, 5.41) is 3.10. The number of fused-ring (bicyclic) bond motifs is 4. The van der Waals surface area contributed by atoms with Crippen LogP contribution in [0.5, 0.6) is 0 Å². The third kappa shape index (κ3) is 2.65. The van der Waals surface area contributed by atoms with Crippen molar-refractivity contribution in [2.45, 2.75) is 37.6 Å². The lowest BCUT2D eigenvalue weighted by molar-refractivity contribution is -0.137. The van der Waals surface area contributed by atoms with Gasteiger partial charge in [0.2, 0.25) is 5.91 Å². The van der Waals surface area contributed by atoms with Crippen LogP contribution in [0.2, 0.25) is 0 Å². The van der Waals surface area contributed by atoms with Crippen LogP contribution < -0.4 is 5.32 Å². The van der Waals surface area contributed by atoms with Crippen LogP contribution in [0.25, 0.3) is 0 Å². The summed E-state index contributed by atoms with van der Waals surface area (Å²) in [6, 6.07) is 8.07. The molecule has 4 rings (SSSR count). The van der Waals surface area contributed by atoms with Gasteiger partial charge in [-0.15, -0.1) is 0 Å². The molecule has 0 aliphatic carbocycles. The predicted octanol–water partition coefficient (Wildman–Crippen LogP) is 2.70. The minimum absolute atomic E-state index is 0.00851. The van der Waals surface area contributed by atoms with E-state index in [0.29, 0.717) is 11.5 Å². The normalized spacial score (nSPS) is 32.0. The van der Waals surface area contributed by atoms with Gasteiger partial charge in [0.1, 0.15) is 0 Å². The maximum Gasteiger partial charge on any atom is 0.337 e. The molecule has 28 heavy (non-hydrogen) atoms. The van der Waals surface area contributed by atoms with Gasteiger partial charge < -0.3 is 14.8 Å². The van der Waals surface area contributed by atoms with E-state index in [1.807, 2.05) is 18.2 Å². The molecule has 3 aliphatic heterocycles. The van der Waals surface area contributed by atoms with Crippen molar-refractivity contribution in [3.63, 3.8) is 0 Å². The average Bonchev–Trinajstić information content (AvgIpc) is 3.23. The Bertz CT molecular complexity index is 821. The lowest BCUT2D eigenvalue weighted by Crippen LogP contribution is -2.53. The Balaban J connectivity index is 1.74. The van der Waals surface area contributed by atoms with Crippen LogP contribution in [0.15, 0.2) is 36.1 Å². The van der Waals surface area contributed by atoms with Crippen molar-refractivity contribution in [3.05, 3.63) is 41.7 Å². The summed E-state index contributed by atoms with van der Waals surface area (Å²) >= 11 is 0. The van der Waals surface area contributed by atoms with Crippen LogP contribution in [-0.2, 0) is 24.5 Å². The Hall–Kier alpha value is -2.34. The standard InChI is InChI=1S/C22H28N2O4/c1-4-14-12-24-10-9-22(17-7-5-6-8-18(17)23-21(22)26)19(24)11-15(14)16(13-27-2)20(25)28-3/h5-8,13-15,19H,4,9-12H2,1-3H3,(H,23,26)/b16-13-/t14-,15+,19-,22-/m1/s1. The van der Waals surface area contributed by atoms with Gasteiger partial charge in [0.25, 0.3) is 0 Å². The highest BCUT2D eigenvalue weighted by atomic mass is 16.5. The Morgan fingerprint density at radius 1 is 1.36 bits per heavy atom. The molecule has 1 aromatic carbocycles. The summed E-state index contributed by atoms with van der Waals surface area (Å²) in [6.45, 7) is 3.93. The third-order valence-corrected chi connectivity index (χ3v) is 6.97. The lowest BCUT2D eigenvalue weighted by atomic mass is 9.67. The Morgan fingerprint density at radius 3 is 2.86 bits per heavy atom. The molecule has 150 valence electrons. The van der Waals surface area contributed by atoms with E-state index in [9.17, 15) is 9.59 Å². The maximum atomic E-state index is 13.2. The number of para-hydroxylation sites is 1. The Kier molecular flexibility index (Phi) is 4.91. The highest BCUT2D eigenvalue weighted by molar-refractivity contribution is 6.07. The summed E-state index contributed by atoms with van der Waals surface area (Å²) in [5.41, 5.74) is 2.05. The zero-order valence-electron chi connectivity index (χ0n) is 16.7. The smallest absolute Gasteiger partial charge is 0.337 e. The monoisotopic (exact) mass is 384 g/mol. The number of nitrogens with one attached hydrogen (secondary N) is 1. The number of carbonyl (C=O) groups is 2. The van der Waals surface area contributed by atoms with E-state index in [0.717, 1.165) is 43.6 Å². The fourth-order valence-electron chi connectivity index (χ4n) is 5.63. The number of anilines is 1. The Labute approximate surface area is 165 Å². The molecule has 3 heterocycles. The fraction of sp³-hybridized carbons (Fsp3) is 0.545. The van der Waals surface area contributed by atoms with Crippen molar-refractivity contribution in [2.75, 3.05) is 32.6 Å². The number of carbonyl (C=O) groups excluding carboxylic acids is 2. The average molecular weight is 384 g/mol. The zero-order chi connectivity index (χ0) is 19.9. The molecule has 1 amide bonds. The number of amides is 1. The molecule has 2 saturated heterocycles. The summed E-state index contributed by atoms with van der Waals surface area (Å²) in [7, 11) is 2.95. The van der Waals surface area contributed by atoms with Crippen molar-refractivity contribution in [1.82, 2.24) is 4.90 Å². The number of piperidine rings is 1. The van der Waals surface area contributed by atoms with E-state index in [2.05, 4.69) is 23.2 Å². The van der Waals surface area contributed by atoms with Crippen LogP contribution in [0.1, 0.15) is 31.7 Å². The van der Waals surface area contributed by atoms with E-state index in [1.54, 1.807) is 7.11 Å². The molecule has 4 atom stereocenters. The van der Waals surface area contributed by atoms with Gasteiger partial charge in [-0.1, -0.05) is 31.5 Å². The van der Waals surface area contributed by atoms with Crippen LogP contribution >= 0.6 is 0 Å². The summed E-state index contributed by atoms with van der Waals surface area (Å²) < 4.78 is 10.3. The van der Waals surface area contributed by atoms with Gasteiger partial charge in [-0.25, -0.2) is 4.79 Å². The van der Waals surface area contributed by atoms with Gasteiger partial charge in [-0.05, 0) is 42.9 Å². The van der Waals surface area contributed by atoms with E-state index >= 15 is 0 Å². The second kappa shape index (κ2) is 7.24. The number of hydrogen-bond donors (Lipinski definition) is 1. The minimum Gasteiger partial charge on any atom is -0.504 e. The van der Waals surface area contributed by atoms with Crippen LogP contribution in [0, 0.1) is 11.8 Å². The van der Waals surface area contributed by atoms with Crippen LogP contribution in [0.4, 0.5) is 5.69 Å². The topological polar surface area (TPSA) is 67.9 Å². The molecule has 6 heteroatoms. The molecule has 1 spiro atoms. The molecule has 2 fully saturated rings. The molecular weight excluding hydrogens is 356 g/mol. The molecule has 0 saturated carbocycles. The summed E-state index contributed by atoms with van der Waals surface area (Å²) in [5.74, 6) is 0.0769. The number of hydrogen-bond acceptors (Lipinski definition) is 5. The molecule has 3 aliphatic rings. The van der Waals surface area contributed by atoms with Crippen molar-refractivity contribution >= 4 is 17.6 Å². The molecule has 6 nitrogen and oxygen atoms in total. The van der Waals surface area contributed by atoms with Crippen LogP contribution in [0.3, 0.4) is 0 Å². The van der Waals surface area contributed by atoms with E-state index in [4.69, 9.17) is 9.47 Å². The van der Waals surface area contributed by atoms with E-state index < -0.39 is 5.41 Å². The van der Waals surface area contributed by atoms with E-state index in [-0.39, 0.29) is 23.8 Å². The fourth-order valence-corrected chi connectivity index (χ4v) is 5.63. The van der Waals surface area contributed by atoms with Crippen molar-refractivity contribution in [2.24, 2.45) is 11.8 Å². The number of benzene rings is 1. The SMILES string of the molecule is CC[C@@H]1CN2CC[C@]3(C(=O)Nc4ccccc43)[C@H]2C[C@@H]1/C(=C/OC)C(=O)OC. The highest BCUT2D eigenvalue weighted by Crippen LogP contribution is 2.53. The minimum atomic E-state index is -0.540. The first-order chi connectivity index (χ1) is 13.6. The van der Waals surface area contributed by atoms with Gasteiger partial charge >= 0.3 is 5.97 Å². The quantitative estimate of drug-likeness (QED) is 0.491. The molecular formula is C22H28N2O4. The molecule has 0 unspecified atom stereocenters. The van der Waals surface area contributed by atoms with Crippen LogP contribution in [-0.4, -0.2) is 50.1 Å². The van der Waals surface area contributed by atoms with Gasteiger partial charge in [0.15, 0.2) is 0 Å². The third-order valence-electron chi connectivity index (χ3n) is 6.97. The first-order valence-corrected chi connectivity index (χ1v) is 10.0. The number of ether oxygens (including phenoxy) is 2. The van der Waals surface area contributed by atoms with Crippen molar-refractivity contribution in [3.8, 4) is 0 Å². The molecule has 0 radical (unpaired) electrons. The summed E-state index contributed by atoms with van der Waals surface area (Å²) in [6.07, 6.45) is 4.04. The second-order valence-electron chi connectivity index (χ2n) is 8.04. The molecule has 1 aromatic rings. The zero-order valence-corrected chi connectivity index (χ0v) is 16.7. The largest absolute Gasteiger partial charge is 0.504 e. The first kappa shape index (κ1) is 19.0. The summed E-state index contributed by atoms with van der Waals surface area (Å²) in [4.78, 5) is 28.1. The van der Waals surface area contributed by atoms with Gasteiger partial charge in [-0.3, -0.25) is 9.69 Å². The van der Waals surface area contributed by atoms with Gasteiger partial charge in [0.05, 0.1) is 31.5 Å². The van der Waals surface area contributed by atoms with Gasteiger partial charge in [0, 0.05) is 18.3 Å². The first-order valence-electron chi connectivity index (χ1n) is 10.0. The molecule has 0 bridgehead atoms. The van der Waals surface area contributed by atoms with E-state index in [1.165, 1.54) is 13.4 Å². The maximum absolute atomic E-state index is 13.2. The van der Waals surface area contributed by atoms with Crippen molar-refractivity contribution in [1.29, 1.82) is 0 Å². The number of esters is 1. The molecule has 0 aromatic heterocycles. The Morgan fingerprint density at radius 2 is 2.14 bits per heavy atom. The number of rotatable bonds is 4. The van der Waals surface area contributed by atoms with Crippen molar-refractivity contribution < 1.29 is 19.1 Å². The highest BCUT2D eigenvalue weighted by Gasteiger charge is 2.60.